The summed E-state index contributed by atoms with van der Waals surface area (Å²) in [6.45, 7) is 4.60. The SMILES string of the molecule is CCN(Cc1ccccc1C)C(=O)n1[nH]c2c(C(=O)OC(c3ccccc3)c3ccccc3)cccc2c1=O. The smallest absolute Gasteiger partial charge is 0.346 e. The van der Waals surface area contributed by atoms with Gasteiger partial charge in [-0.1, -0.05) is 91.0 Å². The van der Waals surface area contributed by atoms with Gasteiger partial charge >= 0.3 is 12.0 Å². The molecule has 0 unspecified atom stereocenters. The van der Waals surface area contributed by atoms with E-state index in [1.807, 2.05) is 98.8 Å². The number of para-hydroxylation sites is 1. The van der Waals surface area contributed by atoms with Crippen molar-refractivity contribution < 1.29 is 14.3 Å². The summed E-state index contributed by atoms with van der Waals surface area (Å²) in [5, 5.41) is 3.13. The zero-order valence-electron chi connectivity index (χ0n) is 21.8. The largest absolute Gasteiger partial charge is 0.449 e. The van der Waals surface area contributed by atoms with Crippen molar-refractivity contribution in [3.63, 3.8) is 0 Å². The molecule has 0 aliphatic rings. The van der Waals surface area contributed by atoms with Crippen LogP contribution in [-0.2, 0) is 11.3 Å². The first-order valence-electron chi connectivity index (χ1n) is 12.9. The summed E-state index contributed by atoms with van der Waals surface area (Å²) in [7, 11) is 0. The lowest BCUT2D eigenvalue weighted by atomic mass is 10.0. The molecule has 0 atom stereocenters. The Kier molecular flexibility index (Phi) is 7.41. The Balaban J connectivity index is 1.48. The predicted molar refractivity (Wildman–Crippen MR) is 151 cm³/mol. The molecule has 1 heterocycles. The van der Waals surface area contributed by atoms with Crippen LogP contribution in [-0.4, -0.2) is 33.2 Å². The van der Waals surface area contributed by atoms with Crippen molar-refractivity contribution in [3.05, 3.63) is 141 Å². The van der Waals surface area contributed by atoms with Crippen LogP contribution in [0, 0.1) is 6.92 Å². The van der Waals surface area contributed by atoms with Crippen LogP contribution in [0.4, 0.5) is 4.79 Å². The van der Waals surface area contributed by atoms with Crippen LogP contribution in [0.2, 0.25) is 0 Å². The molecule has 1 aromatic heterocycles. The van der Waals surface area contributed by atoms with E-state index in [1.54, 1.807) is 23.1 Å². The number of carbonyl (C=O) groups is 2. The van der Waals surface area contributed by atoms with Gasteiger partial charge in [-0.25, -0.2) is 9.59 Å². The summed E-state index contributed by atoms with van der Waals surface area (Å²) < 4.78 is 6.99. The Morgan fingerprint density at radius 3 is 2.08 bits per heavy atom. The highest BCUT2D eigenvalue weighted by Gasteiger charge is 2.25. The molecule has 0 aliphatic heterocycles. The predicted octanol–water partition coefficient (Wildman–Crippen LogP) is 6.07. The number of nitrogens with zero attached hydrogens (tertiary/aromatic N) is 2. The summed E-state index contributed by atoms with van der Waals surface area (Å²) in [5.41, 5.74) is 3.61. The van der Waals surface area contributed by atoms with Gasteiger partial charge in [0.1, 0.15) is 0 Å². The van der Waals surface area contributed by atoms with Crippen LogP contribution in [0.5, 0.6) is 0 Å². The van der Waals surface area contributed by atoms with Crippen molar-refractivity contribution in [1.82, 2.24) is 14.7 Å². The third kappa shape index (κ3) is 5.25. The molecule has 0 saturated heterocycles. The average Bonchev–Trinajstić information content (AvgIpc) is 3.32. The third-order valence-corrected chi connectivity index (χ3v) is 6.84. The standard InChI is InChI=1S/C32H29N3O4/c1-3-34(21-25-18-11-10-13-22(25)2)32(38)35-30(36)26-19-12-20-27(28(26)33-35)31(37)39-29(23-14-6-4-7-15-23)24-16-8-5-9-17-24/h4-20,29,33H,3,21H2,1-2H3. The van der Waals surface area contributed by atoms with Gasteiger partial charge in [0.15, 0.2) is 6.10 Å². The minimum atomic E-state index is -0.643. The van der Waals surface area contributed by atoms with Gasteiger partial charge < -0.3 is 9.64 Å². The first-order chi connectivity index (χ1) is 19.0. The highest BCUT2D eigenvalue weighted by molar-refractivity contribution is 6.03. The molecule has 5 rings (SSSR count). The number of ether oxygens (including phenoxy) is 1. The summed E-state index contributed by atoms with van der Waals surface area (Å²) in [5.74, 6) is -0.605. The maximum atomic E-state index is 13.5. The number of hydrogen-bond acceptors (Lipinski definition) is 4. The highest BCUT2D eigenvalue weighted by Crippen LogP contribution is 2.28. The Hall–Kier alpha value is -4.91. The van der Waals surface area contributed by atoms with Gasteiger partial charge in [-0.2, -0.15) is 4.68 Å². The molecule has 4 aromatic carbocycles. The van der Waals surface area contributed by atoms with Crippen LogP contribution < -0.4 is 5.56 Å². The van der Waals surface area contributed by atoms with E-state index in [1.165, 1.54) is 0 Å². The summed E-state index contributed by atoms with van der Waals surface area (Å²) >= 11 is 0. The monoisotopic (exact) mass is 519 g/mol. The van der Waals surface area contributed by atoms with Crippen molar-refractivity contribution in [1.29, 1.82) is 0 Å². The van der Waals surface area contributed by atoms with Crippen LogP contribution >= 0.6 is 0 Å². The van der Waals surface area contributed by atoms with Crippen LogP contribution in [0.1, 0.15) is 45.6 Å². The Morgan fingerprint density at radius 1 is 0.846 bits per heavy atom. The number of hydrogen-bond donors (Lipinski definition) is 1. The van der Waals surface area contributed by atoms with E-state index in [4.69, 9.17) is 4.74 Å². The second kappa shape index (κ2) is 11.2. The van der Waals surface area contributed by atoms with Crippen LogP contribution in [0.3, 0.4) is 0 Å². The number of rotatable bonds is 7. The molecule has 0 bridgehead atoms. The molecule has 0 fully saturated rings. The van der Waals surface area contributed by atoms with Crippen molar-refractivity contribution in [2.24, 2.45) is 0 Å². The second-order valence-corrected chi connectivity index (χ2v) is 9.31. The molecule has 7 nitrogen and oxygen atoms in total. The number of carbonyl (C=O) groups excluding carboxylic acids is 2. The zero-order chi connectivity index (χ0) is 27.4. The number of nitrogens with one attached hydrogen (secondary N) is 1. The molecule has 1 amide bonds. The molecule has 1 N–H and O–H groups in total. The number of aryl methyl sites for hydroxylation is 1. The molecule has 39 heavy (non-hydrogen) atoms. The maximum absolute atomic E-state index is 13.5. The summed E-state index contributed by atoms with van der Waals surface area (Å²) in [6.07, 6.45) is -0.643. The highest BCUT2D eigenvalue weighted by atomic mass is 16.5. The summed E-state index contributed by atoms with van der Waals surface area (Å²) in [6, 6.07) is 31.1. The number of H-pyrrole nitrogens is 1. The average molecular weight is 520 g/mol. The van der Waals surface area contributed by atoms with Crippen molar-refractivity contribution in [2.45, 2.75) is 26.5 Å². The lowest BCUT2D eigenvalue weighted by molar-refractivity contribution is 0.0380. The van der Waals surface area contributed by atoms with Gasteiger partial charge in [0.05, 0.1) is 16.5 Å². The molecule has 7 heteroatoms. The number of aromatic nitrogens is 2. The molecule has 0 spiro atoms. The van der Waals surface area contributed by atoms with Crippen molar-refractivity contribution >= 4 is 22.9 Å². The van der Waals surface area contributed by atoms with Crippen LogP contribution in [0.15, 0.2) is 108 Å². The van der Waals surface area contributed by atoms with Gasteiger partial charge in [0.2, 0.25) is 0 Å². The Morgan fingerprint density at radius 2 is 1.46 bits per heavy atom. The topological polar surface area (TPSA) is 84.4 Å². The van der Waals surface area contributed by atoms with E-state index in [2.05, 4.69) is 5.10 Å². The van der Waals surface area contributed by atoms with Gasteiger partial charge in [-0.15, -0.1) is 0 Å². The molecular weight excluding hydrogens is 490 g/mol. The third-order valence-electron chi connectivity index (χ3n) is 6.84. The lowest BCUT2D eigenvalue weighted by Gasteiger charge is -2.21. The van der Waals surface area contributed by atoms with E-state index in [0.29, 0.717) is 13.1 Å². The van der Waals surface area contributed by atoms with Gasteiger partial charge in [-0.05, 0) is 48.2 Å². The number of fused-ring (bicyclic) bond motifs is 1. The minimum absolute atomic E-state index is 0.176. The molecule has 5 aromatic rings. The molecular formula is C32H29N3O4. The number of amides is 1. The fourth-order valence-corrected chi connectivity index (χ4v) is 4.64. The first-order valence-corrected chi connectivity index (χ1v) is 12.9. The minimum Gasteiger partial charge on any atom is -0.449 e. The van der Waals surface area contributed by atoms with E-state index in [9.17, 15) is 14.4 Å². The van der Waals surface area contributed by atoms with E-state index < -0.39 is 23.7 Å². The fourth-order valence-electron chi connectivity index (χ4n) is 4.64. The van der Waals surface area contributed by atoms with Crippen molar-refractivity contribution in [3.8, 4) is 0 Å². The van der Waals surface area contributed by atoms with Gasteiger partial charge in [-0.3, -0.25) is 9.89 Å². The molecule has 196 valence electrons. The first kappa shape index (κ1) is 25.7. The molecule has 0 aliphatic carbocycles. The lowest BCUT2D eigenvalue weighted by Crippen LogP contribution is -2.39. The molecule has 0 radical (unpaired) electrons. The Labute approximate surface area is 226 Å². The Bertz CT molecular complexity index is 1630. The second-order valence-electron chi connectivity index (χ2n) is 9.31. The quantitative estimate of drug-likeness (QED) is 0.264. The normalized spacial score (nSPS) is 11.1. The van der Waals surface area contributed by atoms with E-state index in [-0.39, 0.29) is 16.5 Å². The van der Waals surface area contributed by atoms with E-state index in [0.717, 1.165) is 26.9 Å². The maximum Gasteiger partial charge on any atom is 0.346 e. The zero-order valence-corrected chi connectivity index (χ0v) is 21.8. The van der Waals surface area contributed by atoms with Crippen LogP contribution in [0.25, 0.3) is 10.9 Å². The summed E-state index contributed by atoms with van der Waals surface area (Å²) in [4.78, 5) is 41.8. The van der Waals surface area contributed by atoms with Gasteiger partial charge in [0, 0.05) is 13.1 Å². The number of benzene rings is 4. The van der Waals surface area contributed by atoms with Gasteiger partial charge in [0.25, 0.3) is 5.56 Å². The van der Waals surface area contributed by atoms with E-state index >= 15 is 0 Å². The number of aromatic amines is 1. The van der Waals surface area contributed by atoms with Crippen molar-refractivity contribution in [2.75, 3.05) is 6.54 Å². The molecule has 0 saturated carbocycles. The number of esters is 1. The fraction of sp³-hybridized carbons (Fsp3) is 0.156.